The smallest absolute Gasteiger partial charge is 0.329 e. The van der Waals surface area contributed by atoms with Crippen LogP contribution in [0.25, 0.3) is 0 Å². The van der Waals surface area contributed by atoms with Crippen molar-refractivity contribution in [2.75, 3.05) is 0 Å². The summed E-state index contributed by atoms with van der Waals surface area (Å²) in [4.78, 5) is 23.1. The number of carbonyl (C=O) groups excluding carboxylic acids is 2. The molecule has 0 spiro atoms. The number of rotatable bonds is 4. The molecule has 22 heavy (non-hydrogen) atoms. The van der Waals surface area contributed by atoms with Crippen molar-refractivity contribution in [2.45, 2.75) is 6.54 Å². The van der Waals surface area contributed by atoms with Crippen molar-refractivity contribution in [3.05, 3.63) is 65.7 Å². The molecule has 2 aromatic rings. The number of phenolic OH excluding ortho intramolecular Hbond substituents is 1. The zero-order valence-electron chi connectivity index (χ0n) is 11.7. The van der Waals surface area contributed by atoms with Crippen molar-refractivity contribution in [1.29, 1.82) is 0 Å². The number of hydrazone groups is 1. The van der Waals surface area contributed by atoms with E-state index in [-0.39, 0.29) is 12.3 Å². The van der Waals surface area contributed by atoms with Gasteiger partial charge in [0.25, 0.3) is 0 Å². The van der Waals surface area contributed by atoms with Gasteiger partial charge in [0.15, 0.2) is 0 Å². The molecule has 0 radical (unpaired) electrons. The molecule has 0 saturated carbocycles. The molecule has 0 aromatic heterocycles. The van der Waals surface area contributed by atoms with E-state index in [9.17, 15) is 14.7 Å². The fourth-order valence-corrected chi connectivity index (χ4v) is 1.67. The lowest BCUT2D eigenvalue weighted by atomic mass is 10.2. The first-order valence-corrected chi connectivity index (χ1v) is 6.60. The molecule has 0 aliphatic carbocycles. The number of amides is 2. The highest BCUT2D eigenvalue weighted by atomic mass is 16.3. The zero-order chi connectivity index (χ0) is 15.8. The Kier molecular flexibility index (Phi) is 5.25. The first-order valence-electron chi connectivity index (χ1n) is 6.60. The lowest BCUT2D eigenvalue weighted by molar-refractivity contribution is -0.139. The summed E-state index contributed by atoms with van der Waals surface area (Å²) < 4.78 is 0. The van der Waals surface area contributed by atoms with E-state index in [1.54, 1.807) is 18.2 Å². The standard InChI is InChI=1S/C16H15N3O3/c20-14-9-5-4-8-13(14)11-18-19-16(22)15(21)17-10-12-6-2-1-3-7-12/h1-9,11,20H,10H2,(H,17,21)(H,19,22)/b18-11-. The first kappa shape index (κ1) is 15.2. The Hall–Kier alpha value is -3.15. The van der Waals surface area contributed by atoms with Gasteiger partial charge in [-0.2, -0.15) is 5.10 Å². The number of benzene rings is 2. The van der Waals surface area contributed by atoms with Gasteiger partial charge in [-0.1, -0.05) is 42.5 Å². The van der Waals surface area contributed by atoms with Crippen molar-refractivity contribution >= 4 is 18.0 Å². The number of para-hydroxylation sites is 1. The fourth-order valence-electron chi connectivity index (χ4n) is 1.67. The third-order valence-electron chi connectivity index (χ3n) is 2.81. The van der Waals surface area contributed by atoms with Crippen molar-refractivity contribution in [2.24, 2.45) is 5.10 Å². The molecule has 3 N–H and O–H groups in total. The molecule has 6 heteroatoms. The monoisotopic (exact) mass is 297 g/mol. The molecule has 6 nitrogen and oxygen atoms in total. The van der Waals surface area contributed by atoms with Crippen molar-refractivity contribution in [3.63, 3.8) is 0 Å². The first-order chi connectivity index (χ1) is 10.7. The van der Waals surface area contributed by atoms with Crippen LogP contribution in [0.2, 0.25) is 0 Å². The maximum Gasteiger partial charge on any atom is 0.329 e. The van der Waals surface area contributed by atoms with Crippen LogP contribution in [-0.2, 0) is 16.1 Å². The molecule has 0 bridgehead atoms. The Labute approximate surface area is 127 Å². The van der Waals surface area contributed by atoms with Crippen LogP contribution in [-0.4, -0.2) is 23.1 Å². The number of phenols is 1. The van der Waals surface area contributed by atoms with Crippen molar-refractivity contribution < 1.29 is 14.7 Å². The predicted octanol–water partition coefficient (Wildman–Crippen LogP) is 1.16. The fraction of sp³-hybridized carbons (Fsp3) is 0.0625. The molecule has 0 aliphatic heterocycles. The number of aromatic hydroxyl groups is 1. The van der Waals surface area contributed by atoms with E-state index in [2.05, 4.69) is 15.8 Å². The van der Waals surface area contributed by atoms with Gasteiger partial charge in [0, 0.05) is 12.1 Å². The largest absolute Gasteiger partial charge is 0.507 e. The number of nitrogens with one attached hydrogen (secondary N) is 2. The summed E-state index contributed by atoms with van der Waals surface area (Å²) >= 11 is 0. The van der Waals surface area contributed by atoms with Crippen LogP contribution in [0.4, 0.5) is 0 Å². The molecule has 0 saturated heterocycles. The molecule has 0 heterocycles. The molecular weight excluding hydrogens is 282 g/mol. The minimum atomic E-state index is -0.873. The second kappa shape index (κ2) is 7.58. The molecular formula is C16H15N3O3. The van der Waals surface area contributed by atoms with Crippen LogP contribution >= 0.6 is 0 Å². The summed E-state index contributed by atoms with van der Waals surface area (Å²) in [5, 5.41) is 15.6. The third kappa shape index (κ3) is 4.45. The van der Waals surface area contributed by atoms with Gasteiger partial charge < -0.3 is 10.4 Å². The van der Waals surface area contributed by atoms with E-state index < -0.39 is 11.8 Å². The van der Waals surface area contributed by atoms with E-state index in [0.717, 1.165) is 5.56 Å². The molecule has 0 aliphatic rings. The Morgan fingerprint density at radius 2 is 1.68 bits per heavy atom. The SMILES string of the molecule is O=C(NCc1ccccc1)C(=O)N/N=C\c1ccccc1O. The minimum absolute atomic E-state index is 0.0361. The predicted molar refractivity (Wildman–Crippen MR) is 82.1 cm³/mol. The highest BCUT2D eigenvalue weighted by Gasteiger charge is 2.11. The average molecular weight is 297 g/mol. The summed E-state index contributed by atoms with van der Waals surface area (Å²) in [5.41, 5.74) is 3.43. The summed E-state index contributed by atoms with van der Waals surface area (Å²) in [6, 6.07) is 15.7. The van der Waals surface area contributed by atoms with Gasteiger partial charge in [-0.05, 0) is 17.7 Å². The second-order valence-electron chi connectivity index (χ2n) is 4.43. The highest BCUT2D eigenvalue weighted by molar-refractivity contribution is 6.35. The van der Waals surface area contributed by atoms with Crippen LogP contribution in [0, 0.1) is 0 Å². The van der Waals surface area contributed by atoms with Gasteiger partial charge in [0.2, 0.25) is 0 Å². The summed E-state index contributed by atoms with van der Waals surface area (Å²) in [6.45, 7) is 0.260. The average Bonchev–Trinajstić information content (AvgIpc) is 2.55. The lowest BCUT2D eigenvalue weighted by Gasteiger charge is -2.03. The van der Waals surface area contributed by atoms with E-state index in [0.29, 0.717) is 5.56 Å². The van der Waals surface area contributed by atoms with Gasteiger partial charge in [-0.3, -0.25) is 9.59 Å². The van der Waals surface area contributed by atoms with Gasteiger partial charge >= 0.3 is 11.8 Å². The third-order valence-corrected chi connectivity index (χ3v) is 2.81. The van der Waals surface area contributed by atoms with Crippen LogP contribution in [0.1, 0.15) is 11.1 Å². The maximum atomic E-state index is 11.6. The zero-order valence-corrected chi connectivity index (χ0v) is 11.7. The topological polar surface area (TPSA) is 90.8 Å². The molecule has 0 fully saturated rings. The highest BCUT2D eigenvalue weighted by Crippen LogP contribution is 2.12. The Bertz CT molecular complexity index is 684. The van der Waals surface area contributed by atoms with Crippen molar-refractivity contribution in [3.8, 4) is 5.75 Å². The number of hydrogen-bond acceptors (Lipinski definition) is 4. The molecule has 2 aromatic carbocycles. The Balaban J connectivity index is 1.82. The van der Waals surface area contributed by atoms with Crippen molar-refractivity contribution in [1.82, 2.24) is 10.7 Å². The second-order valence-corrected chi connectivity index (χ2v) is 4.43. The summed E-state index contributed by atoms with van der Waals surface area (Å²) in [5.74, 6) is -1.62. The Morgan fingerprint density at radius 3 is 2.41 bits per heavy atom. The lowest BCUT2D eigenvalue weighted by Crippen LogP contribution is -2.37. The minimum Gasteiger partial charge on any atom is -0.507 e. The maximum absolute atomic E-state index is 11.6. The van der Waals surface area contributed by atoms with Gasteiger partial charge in [0.05, 0.1) is 6.21 Å². The normalized spacial score (nSPS) is 10.4. The molecule has 2 amide bonds. The van der Waals surface area contributed by atoms with Gasteiger partial charge in [0.1, 0.15) is 5.75 Å². The van der Waals surface area contributed by atoms with Crippen LogP contribution < -0.4 is 10.7 Å². The Morgan fingerprint density at radius 1 is 1.00 bits per heavy atom. The van der Waals surface area contributed by atoms with Crippen LogP contribution in [0.5, 0.6) is 5.75 Å². The van der Waals surface area contributed by atoms with E-state index in [1.807, 2.05) is 30.3 Å². The van der Waals surface area contributed by atoms with Gasteiger partial charge in [-0.25, -0.2) is 5.43 Å². The van der Waals surface area contributed by atoms with Crippen LogP contribution in [0.3, 0.4) is 0 Å². The quantitative estimate of drug-likeness (QED) is 0.449. The number of nitrogens with zero attached hydrogens (tertiary/aromatic N) is 1. The molecule has 0 atom stereocenters. The number of hydrogen-bond donors (Lipinski definition) is 3. The van der Waals surface area contributed by atoms with Gasteiger partial charge in [-0.15, -0.1) is 0 Å². The van der Waals surface area contributed by atoms with E-state index >= 15 is 0 Å². The summed E-state index contributed by atoms with van der Waals surface area (Å²) in [6.07, 6.45) is 1.26. The molecule has 112 valence electrons. The number of carbonyl (C=O) groups is 2. The molecule has 0 unspecified atom stereocenters. The molecule has 2 rings (SSSR count). The summed E-state index contributed by atoms with van der Waals surface area (Å²) in [7, 11) is 0. The van der Waals surface area contributed by atoms with Crippen LogP contribution in [0.15, 0.2) is 59.7 Å². The van der Waals surface area contributed by atoms with E-state index in [1.165, 1.54) is 12.3 Å². The van der Waals surface area contributed by atoms with E-state index in [4.69, 9.17) is 0 Å².